The summed E-state index contributed by atoms with van der Waals surface area (Å²) in [5.41, 5.74) is 1.06. The maximum Gasteiger partial charge on any atom is 0.295 e. The van der Waals surface area contributed by atoms with Gasteiger partial charge in [-0.25, -0.2) is 0 Å². The summed E-state index contributed by atoms with van der Waals surface area (Å²) in [6.45, 7) is 8.13. The van der Waals surface area contributed by atoms with Gasteiger partial charge in [0.25, 0.3) is 11.7 Å². The predicted octanol–water partition coefficient (Wildman–Crippen LogP) is 4.06. The highest BCUT2D eigenvalue weighted by Crippen LogP contribution is 2.42. The first-order valence-electron chi connectivity index (χ1n) is 12.2. The molecule has 0 radical (unpaired) electrons. The first-order valence-corrected chi connectivity index (χ1v) is 12.6. The Kier molecular flexibility index (Phi) is 8.87. The van der Waals surface area contributed by atoms with Crippen LogP contribution in [0.5, 0.6) is 11.5 Å². The fraction of sp³-hybridized carbons (Fsp3) is 0.357. The summed E-state index contributed by atoms with van der Waals surface area (Å²) in [6, 6.07) is 10.9. The third kappa shape index (κ3) is 5.98. The Morgan fingerprint density at radius 1 is 1.14 bits per heavy atom. The number of morpholine rings is 1. The van der Waals surface area contributed by atoms with Gasteiger partial charge in [0.05, 0.1) is 31.9 Å². The van der Waals surface area contributed by atoms with Crippen LogP contribution in [-0.4, -0.2) is 79.7 Å². The number of Topliss-reactive ketones (excluding diaryl/α,β-unsaturated/α-hetero) is 1. The molecule has 2 aromatic carbocycles. The van der Waals surface area contributed by atoms with Gasteiger partial charge in [0.2, 0.25) is 0 Å². The van der Waals surface area contributed by atoms with Crippen molar-refractivity contribution in [2.75, 3.05) is 53.1 Å². The third-order valence-corrected chi connectivity index (χ3v) is 6.75. The molecule has 2 fully saturated rings. The van der Waals surface area contributed by atoms with Crippen molar-refractivity contribution in [1.29, 1.82) is 0 Å². The summed E-state index contributed by atoms with van der Waals surface area (Å²) in [7, 11) is 1.52. The van der Waals surface area contributed by atoms with Gasteiger partial charge < -0.3 is 24.2 Å². The highest BCUT2D eigenvalue weighted by atomic mass is 35.5. The number of rotatable bonds is 10. The Labute approximate surface area is 221 Å². The maximum absolute atomic E-state index is 13.3. The first kappa shape index (κ1) is 26.7. The molecular formula is C28H31ClN2O6. The fourth-order valence-corrected chi connectivity index (χ4v) is 4.76. The number of hydrogen-bond donors (Lipinski definition) is 1. The van der Waals surface area contributed by atoms with Gasteiger partial charge in [-0.3, -0.25) is 14.5 Å². The number of likely N-dealkylation sites (tertiary alicyclic amines) is 1. The molecule has 1 N–H and O–H groups in total. The largest absolute Gasteiger partial charge is 0.507 e. The molecule has 0 saturated carbocycles. The monoisotopic (exact) mass is 526 g/mol. The molecule has 8 nitrogen and oxygen atoms in total. The zero-order chi connectivity index (χ0) is 26.4. The van der Waals surface area contributed by atoms with Crippen LogP contribution in [0.3, 0.4) is 0 Å². The molecule has 1 amide bonds. The minimum Gasteiger partial charge on any atom is -0.507 e. The van der Waals surface area contributed by atoms with Crippen molar-refractivity contribution in [2.45, 2.75) is 12.5 Å². The molecule has 0 spiro atoms. The number of carbonyl (C=O) groups is 2. The lowest BCUT2D eigenvalue weighted by Crippen LogP contribution is -2.39. The predicted molar refractivity (Wildman–Crippen MR) is 141 cm³/mol. The SMILES string of the molecule is C=CCOc1ccc(C2C(=C(O)c3ccc(Cl)cc3)C(=O)C(=O)N2CCCN2CCOCC2)cc1OC. The van der Waals surface area contributed by atoms with Crippen LogP contribution in [0, 0.1) is 0 Å². The number of nitrogens with zero attached hydrogens (tertiary/aromatic N) is 2. The topological polar surface area (TPSA) is 88.5 Å². The minimum absolute atomic E-state index is 0.0282. The first-order chi connectivity index (χ1) is 17.9. The van der Waals surface area contributed by atoms with E-state index in [2.05, 4.69) is 11.5 Å². The van der Waals surface area contributed by atoms with E-state index in [0.29, 0.717) is 60.4 Å². The number of aliphatic hydroxyl groups excluding tert-OH is 1. The van der Waals surface area contributed by atoms with E-state index in [1.807, 2.05) is 0 Å². The van der Waals surface area contributed by atoms with E-state index >= 15 is 0 Å². The lowest BCUT2D eigenvalue weighted by Gasteiger charge is -2.29. The van der Waals surface area contributed by atoms with Crippen molar-refractivity contribution in [2.24, 2.45) is 0 Å². The van der Waals surface area contributed by atoms with Gasteiger partial charge >= 0.3 is 0 Å². The van der Waals surface area contributed by atoms with Crippen LogP contribution in [0.15, 0.2) is 60.7 Å². The zero-order valence-electron chi connectivity index (χ0n) is 20.8. The normalized spacial score (nSPS) is 19.7. The lowest BCUT2D eigenvalue weighted by atomic mass is 9.95. The molecule has 1 unspecified atom stereocenters. The lowest BCUT2D eigenvalue weighted by molar-refractivity contribution is -0.140. The number of hydrogen-bond acceptors (Lipinski definition) is 7. The van der Waals surface area contributed by atoms with Crippen molar-refractivity contribution in [3.8, 4) is 11.5 Å². The number of ketones is 1. The molecule has 4 rings (SSSR count). The summed E-state index contributed by atoms with van der Waals surface area (Å²) in [5, 5.41) is 11.7. The smallest absolute Gasteiger partial charge is 0.295 e. The van der Waals surface area contributed by atoms with Crippen LogP contribution in [0.4, 0.5) is 0 Å². The third-order valence-electron chi connectivity index (χ3n) is 6.49. The fourth-order valence-electron chi connectivity index (χ4n) is 4.63. The molecule has 0 aliphatic carbocycles. The molecule has 2 saturated heterocycles. The van der Waals surface area contributed by atoms with Crippen LogP contribution >= 0.6 is 11.6 Å². The highest BCUT2D eigenvalue weighted by molar-refractivity contribution is 6.46. The Bertz CT molecular complexity index is 1170. The molecule has 0 aromatic heterocycles. The quantitative estimate of drug-likeness (QED) is 0.216. The molecule has 2 aliphatic rings. The summed E-state index contributed by atoms with van der Waals surface area (Å²) in [6.07, 6.45) is 2.30. The molecule has 196 valence electrons. The standard InChI is InChI=1S/C28H31ClN2O6/c1-3-15-37-22-10-7-20(18-23(22)35-2)25-24(26(32)19-5-8-21(29)9-6-19)27(33)28(34)31(25)12-4-11-30-13-16-36-17-14-30/h3,5-10,18,25,32H,1,4,11-17H2,2H3. The molecule has 2 heterocycles. The van der Waals surface area contributed by atoms with Gasteiger partial charge in [-0.15, -0.1) is 0 Å². The van der Waals surface area contributed by atoms with E-state index < -0.39 is 17.7 Å². The van der Waals surface area contributed by atoms with Crippen LogP contribution in [0.2, 0.25) is 5.02 Å². The van der Waals surface area contributed by atoms with E-state index in [1.54, 1.807) is 48.5 Å². The summed E-state index contributed by atoms with van der Waals surface area (Å²) >= 11 is 6.01. The van der Waals surface area contributed by atoms with Gasteiger partial charge in [-0.2, -0.15) is 0 Å². The number of benzene rings is 2. The Hall–Kier alpha value is -3.33. The van der Waals surface area contributed by atoms with Crippen molar-refractivity contribution in [3.05, 3.63) is 76.8 Å². The van der Waals surface area contributed by atoms with Crippen molar-refractivity contribution < 1.29 is 28.9 Å². The zero-order valence-corrected chi connectivity index (χ0v) is 21.6. The minimum atomic E-state index is -0.789. The van der Waals surface area contributed by atoms with Gasteiger partial charge in [0.15, 0.2) is 11.5 Å². The Morgan fingerprint density at radius 3 is 2.54 bits per heavy atom. The number of halogens is 1. The molecule has 2 aromatic rings. The van der Waals surface area contributed by atoms with Gasteiger partial charge in [0, 0.05) is 36.8 Å². The molecule has 37 heavy (non-hydrogen) atoms. The van der Waals surface area contributed by atoms with Crippen LogP contribution in [0.1, 0.15) is 23.6 Å². The number of methoxy groups -OCH3 is 1. The van der Waals surface area contributed by atoms with E-state index in [-0.39, 0.29) is 11.3 Å². The molecule has 0 bridgehead atoms. The molecule has 1 atom stereocenters. The van der Waals surface area contributed by atoms with E-state index in [0.717, 1.165) is 19.6 Å². The summed E-state index contributed by atoms with van der Waals surface area (Å²) < 4.78 is 16.6. The number of ether oxygens (including phenoxy) is 3. The average molecular weight is 527 g/mol. The average Bonchev–Trinajstić information content (AvgIpc) is 3.17. The van der Waals surface area contributed by atoms with Gasteiger partial charge in [-0.05, 0) is 48.4 Å². The van der Waals surface area contributed by atoms with Gasteiger partial charge in [-0.1, -0.05) is 30.3 Å². The highest BCUT2D eigenvalue weighted by Gasteiger charge is 2.46. The van der Waals surface area contributed by atoms with E-state index in [4.69, 9.17) is 25.8 Å². The van der Waals surface area contributed by atoms with Crippen molar-refractivity contribution >= 4 is 29.1 Å². The van der Waals surface area contributed by atoms with Crippen LogP contribution in [-0.2, 0) is 14.3 Å². The van der Waals surface area contributed by atoms with Gasteiger partial charge in [0.1, 0.15) is 12.4 Å². The molecule has 2 aliphatic heterocycles. The van der Waals surface area contributed by atoms with E-state index in [9.17, 15) is 14.7 Å². The summed E-state index contributed by atoms with van der Waals surface area (Å²) in [4.78, 5) is 30.3. The second-order valence-electron chi connectivity index (χ2n) is 8.82. The molecular weight excluding hydrogens is 496 g/mol. The number of carbonyl (C=O) groups excluding carboxylic acids is 2. The van der Waals surface area contributed by atoms with E-state index in [1.165, 1.54) is 12.0 Å². The number of amides is 1. The molecule has 9 heteroatoms. The number of aliphatic hydroxyl groups is 1. The second-order valence-corrected chi connectivity index (χ2v) is 9.25. The summed E-state index contributed by atoms with van der Waals surface area (Å²) in [5.74, 6) is -0.664. The Morgan fingerprint density at radius 2 is 1.86 bits per heavy atom. The maximum atomic E-state index is 13.3. The van der Waals surface area contributed by atoms with Crippen molar-refractivity contribution in [1.82, 2.24) is 9.80 Å². The van der Waals surface area contributed by atoms with Crippen molar-refractivity contribution in [3.63, 3.8) is 0 Å². The Balaban J connectivity index is 1.71. The van der Waals surface area contributed by atoms with Crippen LogP contribution in [0.25, 0.3) is 5.76 Å². The van der Waals surface area contributed by atoms with Crippen LogP contribution < -0.4 is 9.47 Å². The second kappa shape index (κ2) is 12.3.